The monoisotopic (exact) mass is 402 g/mol. The fraction of sp³-hybridized carbons (Fsp3) is 0.375. The van der Waals surface area contributed by atoms with E-state index in [4.69, 9.17) is 4.98 Å². The normalized spacial score (nSPS) is 19.2. The Morgan fingerprint density at radius 1 is 1.07 bits per heavy atom. The van der Waals surface area contributed by atoms with Crippen LogP contribution in [0.2, 0.25) is 0 Å². The predicted octanol–water partition coefficient (Wildman–Crippen LogP) is 3.49. The van der Waals surface area contributed by atoms with Crippen LogP contribution >= 0.6 is 0 Å². The van der Waals surface area contributed by atoms with E-state index in [0.717, 1.165) is 48.5 Å². The minimum atomic E-state index is -0.0300. The molecule has 2 aliphatic heterocycles. The van der Waals surface area contributed by atoms with Crippen molar-refractivity contribution in [3.05, 3.63) is 59.9 Å². The first-order valence-electron chi connectivity index (χ1n) is 10.7. The van der Waals surface area contributed by atoms with Crippen LogP contribution in [-0.4, -0.2) is 45.9 Å². The highest BCUT2D eigenvalue weighted by Crippen LogP contribution is 2.33. The summed E-state index contributed by atoms with van der Waals surface area (Å²) in [7, 11) is 0. The number of hydrogen-bond donors (Lipinski definition) is 0. The number of carbonyl (C=O) groups is 2. The van der Waals surface area contributed by atoms with E-state index < -0.39 is 0 Å². The number of anilines is 1. The Kier molecular flexibility index (Phi) is 4.77. The first-order valence-corrected chi connectivity index (χ1v) is 10.7. The Labute approximate surface area is 176 Å². The summed E-state index contributed by atoms with van der Waals surface area (Å²) in [6.45, 7) is 4.58. The third kappa shape index (κ3) is 3.36. The molecule has 0 spiro atoms. The van der Waals surface area contributed by atoms with Crippen LogP contribution in [0.1, 0.15) is 36.6 Å². The van der Waals surface area contributed by atoms with Crippen molar-refractivity contribution >= 4 is 28.5 Å². The number of likely N-dealkylation sites (tertiary alicyclic amines) is 1. The van der Waals surface area contributed by atoms with Gasteiger partial charge in [-0.15, -0.1) is 0 Å². The van der Waals surface area contributed by atoms with Crippen molar-refractivity contribution in [1.82, 2.24) is 14.5 Å². The molecule has 3 aromatic rings. The molecule has 30 heavy (non-hydrogen) atoms. The summed E-state index contributed by atoms with van der Waals surface area (Å²) in [6, 6.07) is 16.0. The molecule has 1 atom stereocenters. The molecule has 154 valence electrons. The van der Waals surface area contributed by atoms with Crippen molar-refractivity contribution in [2.24, 2.45) is 0 Å². The minimum Gasteiger partial charge on any atom is -0.341 e. The molecule has 6 heteroatoms. The molecular formula is C24H26N4O2. The highest BCUT2D eigenvalue weighted by atomic mass is 16.2. The van der Waals surface area contributed by atoms with Gasteiger partial charge in [0.15, 0.2) is 0 Å². The molecule has 1 aromatic heterocycles. The first-order chi connectivity index (χ1) is 14.6. The minimum absolute atomic E-state index is 0.0300. The lowest BCUT2D eigenvalue weighted by atomic mass is 10.1. The van der Waals surface area contributed by atoms with Crippen LogP contribution in [-0.2, 0) is 16.1 Å². The summed E-state index contributed by atoms with van der Waals surface area (Å²) >= 11 is 0. The molecule has 6 nitrogen and oxygen atoms in total. The van der Waals surface area contributed by atoms with Gasteiger partial charge in [-0.1, -0.05) is 29.8 Å². The van der Waals surface area contributed by atoms with E-state index in [-0.39, 0.29) is 24.3 Å². The quantitative estimate of drug-likeness (QED) is 0.671. The van der Waals surface area contributed by atoms with Crippen molar-refractivity contribution in [2.45, 2.75) is 38.6 Å². The molecule has 2 aromatic carbocycles. The number of benzene rings is 2. The first kappa shape index (κ1) is 18.9. The number of fused-ring (bicyclic) bond motifs is 1. The van der Waals surface area contributed by atoms with Crippen molar-refractivity contribution in [3.8, 4) is 0 Å². The van der Waals surface area contributed by atoms with Crippen LogP contribution in [0.25, 0.3) is 11.0 Å². The van der Waals surface area contributed by atoms with Gasteiger partial charge in [0.05, 0.1) is 11.0 Å². The van der Waals surface area contributed by atoms with Crippen LogP contribution in [0.15, 0.2) is 48.5 Å². The second-order valence-electron chi connectivity index (χ2n) is 8.37. The van der Waals surface area contributed by atoms with E-state index in [1.807, 2.05) is 69.8 Å². The van der Waals surface area contributed by atoms with Gasteiger partial charge in [0.2, 0.25) is 11.8 Å². The van der Waals surface area contributed by atoms with E-state index in [1.165, 1.54) is 5.56 Å². The number of aryl methyl sites for hydroxylation is 1. The number of amides is 2. The summed E-state index contributed by atoms with van der Waals surface area (Å²) in [4.78, 5) is 34.4. The number of carbonyl (C=O) groups excluding carboxylic acids is 2. The fourth-order valence-electron chi connectivity index (χ4n) is 4.63. The summed E-state index contributed by atoms with van der Waals surface area (Å²) in [5, 5.41) is 0. The Morgan fingerprint density at radius 3 is 2.57 bits per heavy atom. The van der Waals surface area contributed by atoms with Gasteiger partial charge in [0.1, 0.15) is 12.4 Å². The smallest absolute Gasteiger partial charge is 0.242 e. The zero-order valence-corrected chi connectivity index (χ0v) is 17.3. The highest BCUT2D eigenvalue weighted by Gasteiger charge is 2.35. The van der Waals surface area contributed by atoms with Crippen LogP contribution in [0.5, 0.6) is 0 Å². The molecule has 0 radical (unpaired) electrons. The van der Waals surface area contributed by atoms with Crippen molar-refractivity contribution in [2.75, 3.05) is 24.5 Å². The lowest BCUT2D eigenvalue weighted by molar-refractivity contribution is -0.130. The lowest BCUT2D eigenvalue weighted by Gasteiger charge is -2.19. The van der Waals surface area contributed by atoms with E-state index in [1.54, 1.807) is 0 Å². The number of nitrogens with zero attached hydrogens (tertiary/aromatic N) is 4. The van der Waals surface area contributed by atoms with Crippen molar-refractivity contribution in [3.63, 3.8) is 0 Å². The third-order valence-electron chi connectivity index (χ3n) is 6.27. The van der Waals surface area contributed by atoms with E-state index in [0.29, 0.717) is 13.0 Å². The SMILES string of the molecule is Cc1ccc(N2C[C@@H](c3nc4ccccc4n3CC(=O)N3CCCC3)CC2=O)cc1. The summed E-state index contributed by atoms with van der Waals surface area (Å²) in [5.41, 5.74) is 3.93. The molecule has 2 fully saturated rings. The molecule has 0 bridgehead atoms. The number of para-hydroxylation sites is 2. The van der Waals surface area contributed by atoms with Crippen LogP contribution in [0, 0.1) is 6.92 Å². The van der Waals surface area contributed by atoms with Gasteiger partial charge in [0, 0.05) is 37.7 Å². The van der Waals surface area contributed by atoms with Crippen molar-refractivity contribution < 1.29 is 9.59 Å². The van der Waals surface area contributed by atoms with Gasteiger partial charge >= 0.3 is 0 Å². The standard InChI is InChI=1S/C24H26N4O2/c1-17-8-10-19(11-9-17)27-15-18(14-22(27)29)24-25-20-6-2-3-7-21(20)28(24)16-23(30)26-12-4-5-13-26/h2-3,6-11,18H,4-5,12-16H2,1H3/t18-/m0/s1. The average Bonchev–Trinajstić information content (AvgIpc) is 3.48. The largest absolute Gasteiger partial charge is 0.341 e. The molecule has 3 heterocycles. The maximum atomic E-state index is 12.9. The number of aromatic nitrogens is 2. The van der Waals surface area contributed by atoms with Gasteiger partial charge in [-0.25, -0.2) is 4.98 Å². The van der Waals surface area contributed by atoms with E-state index >= 15 is 0 Å². The van der Waals surface area contributed by atoms with Crippen molar-refractivity contribution in [1.29, 1.82) is 0 Å². The maximum Gasteiger partial charge on any atom is 0.242 e. The average molecular weight is 402 g/mol. The zero-order chi connectivity index (χ0) is 20.7. The summed E-state index contributed by atoms with van der Waals surface area (Å²) < 4.78 is 2.03. The number of imidazole rings is 1. The van der Waals surface area contributed by atoms with Crippen LogP contribution < -0.4 is 4.90 Å². The Morgan fingerprint density at radius 2 is 1.80 bits per heavy atom. The van der Waals surface area contributed by atoms with Crippen LogP contribution in [0.4, 0.5) is 5.69 Å². The number of rotatable bonds is 4. The summed E-state index contributed by atoms with van der Waals surface area (Å²) in [6.07, 6.45) is 2.56. The van der Waals surface area contributed by atoms with E-state index in [2.05, 4.69) is 0 Å². The molecule has 2 saturated heterocycles. The fourth-order valence-corrected chi connectivity index (χ4v) is 4.63. The Bertz CT molecular complexity index is 1100. The topological polar surface area (TPSA) is 58.4 Å². The molecule has 0 unspecified atom stereocenters. The Hall–Kier alpha value is -3.15. The lowest BCUT2D eigenvalue weighted by Crippen LogP contribution is -2.32. The zero-order valence-electron chi connectivity index (χ0n) is 17.3. The second-order valence-corrected chi connectivity index (χ2v) is 8.37. The van der Waals surface area contributed by atoms with Gasteiger partial charge in [-0.3, -0.25) is 9.59 Å². The Balaban J connectivity index is 1.47. The third-order valence-corrected chi connectivity index (χ3v) is 6.27. The molecule has 2 amide bonds. The maximum absolute atomic E-state index is 12.9. The molecule has 0 saturated carbocycles. The van der Waals surface area contributed by atoms with Gasteiger partial charge in [0.25, 0.3) is 0 Å². The van der Waals surface area contributed by atoms with Gasteiger partial charge in [-0.2, -0.15) is 0 Å². The molecule has 2 aliphatic rings. The molecule has 0 N–H and O–H groups in total. The predicted molar refractivity (Wildman–Crippen MR) is 116 cm³/mol. The molecule has 5 rings (SSSR count). The van der Waals surface area contributed by atoms with Gasteiger partial charge in [-0.05, 0) is 44.0 Å². The molecule has 0 aliphatic carbocycles. The second kappa shape index (κ2) is 7.59. The van der Waals surface area contributed by atoms with Crippen LogP contribution in [0.3, 0.4) is 0 Å². The number of hydrogen-bond acceptors (Lipinski definition) is 3. The van der Waals surface area contributed by atoms with E-state index in [9.17, 15) is 9.59 Å². The molecular weight excluding hydrogens is 376 g/mol. The summed E-state index contributed by atoms with van der Waals surface area (Å²) in [5.74, 6) is 1.05. The van der Waals surface area contributed by atoms with Gasteiger partial charge < -0.3 is 14.4 Å². The highest BCUT2D eigenvalue weighted by molar-refractivity contribution is 5.96.